The lowest BCUT2D eigenvalue weighted by Gasteiger charge is -2.11. The Morgan fingerprint density at radius 2 is 0.911 bits per heavy atom. The average Bonchev–Trinajstić information content (AvgIpc) is 3.85. The molecule has 0 aliphatic carbocycles. The molecular formula is C51H31N3O2. The second-order valence-electron chi connectivity index (χ2n) is 14.0. The number of fused-ring (bicyclic) bond motifs is 6. The molecule has 7 aromatic carbocycles. The highest BCUT2D eigenvalue weighted by Gasteiger charge is 2.19. The quantitative estimate of drug-likeness (QED) is 0.171. The zero-order valence-electron chi connectivity index (χ0n) is 30.1. The van der Waals surface area contributed by atoms with E-state index in [0.717, 1.165) is 105 Å². The van der Waals surface area contributed by atoms with Gasteiger partial charge < -0.3 is 8.83 Å². The van der Waals surface area contributed by atoms with Crippen molar-refractivity contribution in [2.75, 3.05) is 0 Å². The van der Waals surface area contributed by atoms with Crippen molar-refractivity contribution in [2.45, 2.75) is 0 Å². The summed E-state index contributed by atoms with van der Waals surface area (Å²) in [6.07, 6.45) is 1.82. The van der Waals surface area contributed by atoms with Gasteiger partial charge in [-0.2, -0.15) is 0 Å². The SMILES string of the molecule is c1ccc(-c2cc(-c3ccc(-c4ccccn4)cc3)nc(-c3ccc(-c4ccc(-c5ccc6c(c5)oc5ccccc56)c5c4oc4ccccc45)cc3)n2)cc1. The Kier molecular flexibility index (Phi) is 7.42. The van der Waals surface area contributed by atoms with Gasteiger partial charge in [0.25, 0.3) is 0 Å². The summed E-state index contributed by atoms with van der Waals surface area (Å²) in [5.41, 5.74) is 14.4. The minimum Gasteiger partial charge on any atom is -0.456 e. The van der Waals surface area contributed by atoms with Crippen LogP contribution in [0.1, 0.15) is 0 Å². The summed E-state index contributed by atoms with van der Waals surface area (Å²) in [4.78, 5) is 14.7. The molecule has 0 aliphatic heterocycles. The van der Waals surface area contributed by atoms with Crippen LogP contribution in [-0.4, -0.2) is 15.0 Å². The van der Waals surface area contributed by atoms with Crippen molar-refractivity contribution in [3.05, 3.63) is 188 Å². The minimum absolute atomic E-state index is 0.659. The Morgan fingerprint density at radius 1 is 0.339 bits per heavy atom. The Balaban J connectivity index is 0.998. The maximum Gasteiger partial charge on any atom is 0.160 e. The molecule has 0 amide bonds. The van der Waals surface area contributed by atoms with Crippen LogP contribution in [0.5, 0.6) is 0 Å². The lowest BCUT2D eigenvalue weighted by molar-refractivity contribution is 0.668. The number of hydrogen-bond donors (Lipinski definition) is 0. The summed E-state index contributed by atoms with van der Waals surface area (Å²) in [6, 6.07) is 62.4. The van der Waals surface area contributed by atoms with Gasteiger partial charge in [0.05, 0.1) is 17.1 Å². The van der Waals surface area contributed by atoms with Crippen molar-refractivity contribution < 1.29 is 8.83 Å². The lowest BCUT2D eigenvalue weighted by atomic mass is 9.94. The summed E-state index contributed by atoms with van der Waals surface area (Å²) in [5, 5.41) is 4.39. The number of benzene rings is 7. The molecule has 11 rings (SSSR count). The zero-order chi connectivity index (χ0) is 37.0. The number of pyridine rings is 1. The average molecular weight is 718 g/mol. The fourth-order valence-corrected chi connectivity index (χ4v) is 7.81. The summed E-state index contributed by atoms with van der Waals surface area (Å²) in [7, 11) is 0. The van der Waals surface area contributed by atoms with E-state index >= 15 is 0 Å². The van der Waals surface area contributed by atoms with Gasteiger partial charge in [0, 0.05) is 55.6 Å². The van der Waals surface area contributed by atoms with E-state index in [9.17, 15) is 0 Å². The summed E-state index contributed by atoms with van der Waals surface area (Å²) < 4.78 is 13.0. The molecule has 11 aromatic rings. The lowest BCUT2D eigenvalue weighted by Crippen LogP contribution is -1.96. The highest BCUT2D eigenvalue weighted by atomic mass is 16.3. The van der Waals surface area contributed by atoms with Crippen molar-refractivity contribution in [3.8, 4) is 67.4 Å². The fraction of sp³-hybridized carbons (Fsp3) is 0. The van der Waals surface area contributed by atoms with Crippen LogP contribution in [0.15, 0.2) is 197 Å². The van der Waals surface area contributed by atoms with E-state index in [1.807, 2.05) is 72.9 Å². The summed E-state index contributed by atoms with van der Waals surface area (Å²) in [5.74, 6) is 0.659. The molecule has 0 saturated heterocycles. The predicted molar refractivity (Wildman–Crippen MR) is 227 cm³/mol. The van der Waals surface area contributed by atoms with Crippen LogP contribution in [0.2, 0.25) is 0 Å². The van der Waals surface area contributed by atoms with Gasteiger partial charge in [-0.05, 0) is 65.2 Å². The van der Waals surface area contributed by atoms with E-state index < -0.39 is 0 Å². The molecule has 4 aromatic heterocycles. The largest absolute Gasteiger partial charge is 0.456 e. The molecule has 0 N–H and O–H groups in total. The Labute approximate surface area is 322 Å². The van der Waals surface area contributed by atoms with Gasteiger partial charge in [-0.3, -0.25) is 4.98 Å². The van der Waals surface area contributed by atoms with Gasteiger partial charge in [0.15, 0.2) is 5.82 Å². The molecular weight excluding hydrogens is 687 g/mol. The van der Waals surface area contributed by atoms with Crippen LogP contribution in [0.25, 0.3) is 111 Å². The Bertz CT molecular complexity index is 3220. The van der Waals surface area contributed by atoms with Crippen molar-refractivity contribution in [1.29, 1.82) is 0 Å². The molecule has 5 heteroatoms. The first-order valence-corrected chi connectivity index (χ1v) is 18.7. The Hall–Kier alpha value is -7.63. The first kappa shape index (κ1) is 31.9. The van der Waals surface area contributed by atoms with Crippen molar-refractivity contribution in [2.24, 2.45) is 0 Å². The number of aromatic nitrogens is 3. The normalized spacial score (nSPS) is 11.6. The highest BCUT2D eigenvalue weighted by Crippen LogP contribution is 2.43. The van der Waals surface area contributed by atoms with Gasteiger partial charge in [-0.1, -0.05) is 133 Å². The van der Waals surface area contributed by atoms with E-state index in [1.165, 1.54) is 0 Å². The van der Waals surface area contributed by atoms with Crippen molar-refractivity contribution >= 4 is 43.9 Å². The van der Waals surface area contributed by atoms with Gasteiger partial charge in [0.2, 0.25) is 0 Å². The van der Waals surface area contributed by atoms with Crippen LogP contribution in [-0.2, 0) is 0 Å². The smallest absolute Gasteiger partial charge is 0.160 e. The molecule has 0 radical (unpaired) electrons. The summed E-state index contributed by atoms with van der Waals surface area (Å²) >= 11 is 0. The van der Waals surface area contributed by atoms with Crippen molar-refractivity contribution in [3.63, 3.8) is 0 Å². The first-order chi connectivity index (χ1) is 27.7. The molecule has 0 spiro atoms. The molecule has 262 valence electrons. The predicted octanol–water partition coefficient (Wildman–Crippen LogP) is 13.7. The van der Waals surface area contributed by atoms with Crippen LogP contribution in [0.4, 0.5) is 0 Å². The third kappa shape index (κ3) is 5.45. The molecule has 5 nitrogen and oxygen atoms in total. The molecule has 56 heavy (non-hydrogen) atoms. The van der Waals surface area contributed by atoms with E-state index in [1.54, 1.807) is 0 Å². The van der Waals surface area contributed by atoms with Gasteiger partial charge in [-0.25, -0.2) is 9.97 Å². The van der Waals surface area contributed by atoms with Gasteiger partial charge in [0.1, 0.15) is 22.3 Å². The van der Waals surface area contributed by atoms with Gasteiger partial charge in [-0.15, -0.1) is 0 Å². The number of nitrogens with zero attached hydrogens (tertiary/aromatic N) is 3. The molecule has 0 saturated carbocycles. The maximum atomic E-state index is 6.66. The molecule has 0 aliphatic rings. The molecule has 0 atom stereocenters. The third-order valence-electron chi connectivity index (χ3n) is 10.6. The minimum atomic E-state index is 0.659. The third-order valence-corrected chi connectivity index (χ3v) is 10.6. The van der Waals surface area contributed by atoms with Crippen LogP contribution in [0.3, 0.4) is 0 Å². The number of hydrogen-bond acceptors (Lipinski definition) is 5. The number of para-hydroxylation sites is 2. The number of rotatable bonds is 6. The summed E-state index contributed by atoms with van der Waals surface area (Å²) in [6.45, 7) is 0. The number of furan rings is 2. The zero-order valence-corrected chi connectivity index (χ0v) is 30.1. The van der Waals surface area contributed by atoms with Crippen LogP contribution in [0, 0.1) is 0 Å². The topological polar surface area (TPSA) is 65.0 Å². The molecule has 0 fully saturated rings. The second-order valence-corrected chi connectivity index (χ2v) is 14.0. The van der Waals surface area contributed by atoms with E-state index in [2.05, 4.69) is 120 Å². The molecule has 0 bridgehead atoms. The monoisotopic (exact) mass is 717 g/mol. The second kappa shape index (κ2) is 13.0. The highest BCUT2D eigenvalue weighted by molar-refractivity contribution is 6.17. The van der Waals surface area contributed by atoms with E-state index in [4.69, 9.17) is 18.8 Å². The fourth-order valence-electron chi connectivity index (χ4n) is 7.81. The first-order valence-electron chi connectivity index (χ1n) is 18.7. The standard InChI is InChI=1S/C51H31N3O2/c1-2-10-33(11-3-1)44-31-45(35-21-19-34(20-22-35)43-14-8-9-29-52-43)54-51(53-44)36-23-17-32(18-24-36)39-28-27-38(49-42-13-5-7-16-47(42)56-50(39)49)37-25-26-41-40-12-4-6-15-46(40)55-48(41)30-37/h1-31H. The van der Waals surface area contributed by atoms with Crippen LogP contribution < -0.4 is 0 Å². The maximum absolute atomic E-state index is 6.66. The van der Waals surface area contributed by atoms with Gasteiger partial charge >= 0.3 is 0 Å². The molecule has 0 unspecified atom stereocenters. The van der Waals surface area contributed by atoms with E-state index in [-0.39, 0.29) is 0 Å². The van der Waals surface area contributed by atoms with E-state index in [0.29, 0.717) is 5.82 Å². The Morgan fingerprint density at radius 3 is 1.66 bits per heavy atom. The van der Waals surface area contributed by atoms with Crippen molar-refractivity contribution in [1.82, 2.24) is 15.0 Å². The molecule has 4 heterocycles. The van der Waals surface area contributed by atoms with Crippen LogP contribution >= 0.6 is 0 Å².